The van der Waals surface area contributed by atoms with Crippen LogP contribution in [-0.2, 0) is 0 Å². The molecule has 1 aromatic carbocycles. The number of hydrogen-bond donors (Lipinski definition) is 2. The van der Waals surface area contributed by atoms with Crippen molar-refractivity contribution in [2.24, 2.45) is 0 Å². The minimum Gasteiger partial charge on any atom is -0.397 e. The summed E-state index contributed by atoms with van der Waals surface area (Å²) in [7, 11) is 0. The molecule has 4 heteroatoms. The molecule has 0 bridgehead atoms. The molecule has 0 fully saturated rings. The van der Waals surface area contributed by atoms with E-state index < -0.39 is 0 Å². The fourth-order valence-corrected chi connectivity index (χ4v) is 1.87. The van der Waals surface area contributed by atoms with Crippen molar-refractivity contribution in [1.82, 2.24) is 15.0 Å². The van der Waals surface area contributed by atoms with E-state index in [-0.39, 0.29) is 0 Å². The van der Waals surface area contributed by atoms with Crippen LogP contribution in [0.4, 0.5) is 5.69 Å². The fourth-order valence-electron chi connectivity index (χ4n) is 1.87. The third-order valence-corrected chi connectivity index (χ3v) is 2.75. The monoisotopic (exact) mass is 224 g/mol. The number of imidazole rings is 1. The summed E-state index contributed by atoms with van der Waals surface area (Å²) in [5.41, 5.74) is 10.2. The quantitative estimate of drug-likeness (QED) is 0.667. The van der Waals surface area contributed by atoms with Crippen LogP contribution in [0.25, 0.3) is 22.4 Å². The zero-order valence-electron chi connectivity index (χ0n) is 9.44. The van der Waals surface area contributed by atoms with E-state index in [9.17, 15) is 0 Å². The molecular formula is C13H12N4. The van der Waals surface area contributed by atoms with Gasteiger partial charge in [0.2, 0.25) is 0 Å². The molecule has 3 rings (SSSR count). The molecule has 0 radical (unpaired) electrons. The molecule has 0 aliphatic heterocycles. The van der Waals surface area contributed by atoms with Crippen LogP contribution in [0, 0.1) is 6.92 Å². The first kappa shape index (κ1) is 9.84. The molecule has 0 aliphatic rings. The second-order valence-electron chi connectivity index (χ2n) is 4.00. The van der Waals surface area contributed by atoms with Gasteiger partial charge in [0.1, 0.15) is 5.82 Å². The van der Waals surface area contributed by atoms with E-state index in [1.165, 1.54) is 0 Å². The Labute approximate surface area is 98.5 Å². The molecule has 4 nitrogen and oxygen atoms in total. The topological polar surface area (TPSA) is 67.6 Å². The van der Waals surface area contributed by atoms with Crippen LogP contribution in [0.1, 0.15) is 5.69 Å². The summed E-state index contributed by atoms with van der Waals surface area (Å²) in [5, 5.41) is 0. The van der Waals surface area contributed by atoms with Gasteiger partial charge in [-0.2, -0.15) is 0 Å². The molecule has 0 unspecified atom stereocenters. The number of nitrogens with one attached hydrogen (secondary N) is 1. The molecule has 0 aliphatic carbocycles. The Kier molecular flexibility index (Phi) is 2.08. The number of nitrogens with two attached hydrogens (primary N) is 1. The number of anilines is 1. The first-order valence-corrected chi connectivity index (χ1v) is 5.41. The highest BCUT2D eigenvalue weighted by molar-refractivity contribution is 5.80. The number of benzene rings is 1. The van der Waals surface area contributed by atoms with Crippen molar-refractivity contribution in [3.05, 3.63) is 42.2 Å². The van der Waals surface area contributed by atoms with Gasteiger partial charge in [0.25, 0.3) is 0 Å². The SMILES string of the molecule is Cc1ncc(N)cc1-c1nc2ccccc2[nH]1. The van der Waals surface area contributed by atoms with Crippen LogP contribution in [0.3, 0.4) is 0 Å². The number of nitrogens with zero attached hydrogens (tertiary/aromatic N) is 2. The summed E-state index contributed by atoms with van der Waals surface area (Å²) in [4.78, 5) is 12.0. The lowest BCUT2D eigenvalue weighted by molar-refractivity contribution is 1.18. The molecule has 17 heavy (non-hydrogen) atoms. The lowest BCUT2D eigenvalue weighted by Gasteiger charge is -2.02. The third kappa shape index (κ3) is 1.63. The van der Waals surface area contributed by atoms with Gasteiger partial charge in [-0.3, -0.25) is 4.98 Å². The smallest absolute Gasteiger partial charge is 0.140 e. The molecule has 0 atom stereocenters. The average molecular weight is 224 g/mol. The highest BCUT2D eigenvalue weighted by Crippen LogP contribution is 2.23. The molecule has 3 N–H and O–H groups in total. The summed E-state index contributed by atoms with van der Waals surface area (Å²) in [6.45, 7) is 1.95. The third-order valence-electron chi connectivity index (χ3n) is 2.75. The number of para-hydroxylation sites is 2. The molecular weight excluding hydrogens is 212 g/mol. The Bertz CT molecular complexity index is 652. The lowest BCUT2D eigenvalue weighted by Crippen LogP contribution is -1.93. The van der Waals surface area contributed by atoms with Crippen molar-refractivity contribution in [1.29, 1.82) is 0 Å². The molecule has 2 heterocycles. The van der Waals surface area contributed by atoms with Gasteiger partial charge in [-0.25, -0.2) is 4.98 Å². The zero-order chi connectivity index (χ0) is 11.8. The fraction of sp³-hybridized carbons (Fsp3) is 0.0769. The van der Waals surface area contributed by atoms with Crippen LogP contribution in [0.15, 0.2) is 36.5 Å². The molecule has 0 spiro atoms. The number of nitrogen functional groups attached to an aromatic ring is 1. The second kappa shape index (κ2) is 3.59. The van der Waals surface area contributed by atoms with E-state index in [0.29, 0.717) is 5.69 Å². The van der Waals surface area contributed by atoms with E-state index >= 15 is 0 Å². The highest BCUT2D eigenvalue weighted by atomic mass is 14.9. The van der Waals surface area contributed by atoms with Crippen LogP contribution in [0.5, 0.6) is 0 Å². The Balaban J connectivity index is 2.23. The van der Waals surface area contributed by atoms with Crippen LogP contribution < -0.4 is 5.73 Å². The van der Waals surface area contributed by atoms with E-state index in [1.54, 1.807) is 6.20 Å². The minimum atomic E-state index is 0.644. The number of hydrogen-bond acceptors (Lipinski definition) is 3. The number of aromatic nitrogens is 3. The van der Waals surface area contributed by atoms with Crippen LogP contribution in [-0.4, -0.2) is 15.0 Å². The Morgan fingerprint density at radius 2 is 2.06 bits per heavy atom. The standard InChI is InChI=1S/C13H12N4/c1-8-10(6-9(14)7-15-8)13-16-11-4-2-3-5-12(11)17-13/h2-7H,14H2,1H3,(H,16,17). The summed E-state index contributed by atoms with van der Waals surface area (Å²) in [6, 6.07) is 9.82. The number of rotatable bonds is 1. The minimum absolute atomic E-state index is 0.644. The Morgan fingerprint density at radius 3 is 2.88 bits per heavy atom. The molecule has 84 valence electrons. The van der Waals surface area contributed by atoms with Gasteiger partial charge in [-0.1, -0.05) is 12.1 Å². The summed E-state index contributed by atoms with van der Waals surface area (Å²) in [6.07, 6.45) is 1.65. The van der Waals surface area contributed by atoms with Crippen molar-refractivity contribution >= 4 is 16.7 Å². The predicted molar refractivity (Wildman–Crippen MR) is 68.5 cm³/mol. The van der Waals surface area contributed by atoms with Gasteiger partial charge in [0.05, 0.1) is 22.9 Å². The first-order chi connectivity index (χ1) is 8.24. The number of aromatic amines is 1. The molecule has 0 saturated carbocycles. The number of aryl methyl sites for hydroxylation is 1. The molecule has 2 aromatic heterocycles. The van der Waals surface area contributed by atoms with Gasteiger partial charge >= 0.3 is 0 Å². The van der Waals surface area contributed by atoms with E-state index in [2.05, 4.69) is 15.0 Å². The van der Waals surface area contributed by atoms with Crippen molar-refractivity contribution in [3.63, 3.8) is 0 Å². The maximum absolute atomic E-state index is 5.75. The molecule has 3 aromatic rings. The van der Waals surface area contributed by atoms with Crippen molar-refractivity contribution in [2.45, 2.75) is 6.92 Å². The molecule has 0 saturated heterocycles. The van der Waals surface area contributed by atoms with Crippen LogP contribution in [0.2, 0.25) is 0 Å². The summed E-state index contributed by atoms with van der Waals surface area (Å²) in [5.74, 6) is 0.809. The number of fused-ring (bicyclic) bond motifs is 1. The van der Waals surface area contributed by atoms with Gasteiger partial charge in [0.15, 0.2) is 0 Å². The second-order valence-corrected chi connectivity index (χ2v) is 4.00. The van der Waals surface area contributed by atoms with Gasteiger partial charge in [0, 0.05) is 11.3 Å². The predicted octanol–water partition coefficient (Wildman–Crippen LogP) is 2.52. The average Bonchev–Trinajstić information content (AvgIpc) is 2.75. The Hall–Kier alpha value is -2.36. The van der Waals surface area contributed by atoms with Gasteiger partial charge in [-0.15, -0.1) is 0 Å². The highest BCUT2D eigenvalue weighted by Gasteiger charge is 2.08. The van der Waals surface area contributed by atoms with E-state index in [1.807, 2.05) is 37.3 Å². The van der Waals surface area contributed by atoms with E-state index in [0.717, 1.165) is 28.1 Å². The maximum atomic E-state index is 5.75. The Morgan fingerprint density at radius 1 is 1.24 bits per heavy atom. The van der Waals surface area contributed by atoms with Crippen molar-refractivity contribution in [2.75, 3.05) is 5.73 Å². The molecule has 0 amide bonds. The first-order valence-electron chi connectivity index (χ1n) is 5.41. The van der Waals surface area contributed by atoms with Gasteiger partial charge < -0.3 is 10.7 Å². The summed E-state index contributed by atoms with van der Waals surface area (Å²) < 4.78 is 0. The number of pyridine rings is 1. The largest absolute Gasteiger partial charge is 0.397 e. The van der Waals surface area contributed by atoms with Gasteiger partial charge in [-0.05, 0) is 25.1 Å². The summed E-state index contributed by atoms with van der Waals surface area (Å²) >= 11 is 0. The van der Waals surface area contributed by atoms with E-state index in [4.69, 9.17) is 5.73 Å². The zero-order valence-corrected chi connectivity index (χ0v) is 9.44. The normalized spacial score (nSPS) is 10.9. The maximum Gasteiger partial charge on any atom is 0.140 e. The van der Waals surface area contributed by atoms with Crippen molar-refractivity contribution in [3.8, 4) is 11.4 Å². The number of H-pyrrole nitrogens is 1. The van der Waals surface area contributed by atoms with Crippen LogP contribution >= 0.6 is 0 Å². The lowest BCUT2D eigenvalue weighted by atomic mass is 10.2. The van der Waals surface area contributed by atoms with Crippen molar-refractivity contribution < 1.29 is 0 Å².